The van der Waals surface area contributed by atoms with Gasteiger partial charge in [-0.25, -0.2) is 4.98 Å². The van der Waals surface area contributed by atoms with Gasteiger partial charge in [-0.15, -0.1) is 35.3 Å². The largest absolute Gasteiger partial charge is 0.401 e. The monoisotopic (exact) mass is 479 g/mol. The van der Waals surface area contributed by atoms with Crippen LogP contribution in [0.15, 0.2) is 11.2 Å². The molecule has 0 aliphatic heterocycles. The maximum atomic E-state index is 12.2. The first kappa shape index (κ1) is 23.4. The third-order valence-corrected chi connectivity index (χ3v) is 3.82. The molecule has 0 amide bonds. The van der Waals surface area contributed by atoms with Crippen molar-refractivity contribution in [2.24, 2.45) is 4.99 Å². The Kier molecular flexibility index (Phi) is 11.5. The van der Waals surface area contributed by atoms with E-state index in [0.717, 1.165) is 11.4 Å². The maximum absolute atomic E-state index is 12.2. The van der Waals surface area contributed by atoms with Gasteiger partial charge >= 0.3 is 6.18 Å². The average Bonchev–Trinajstić information content (AvgIpc) is 2.82. The molecular weight excluding hydrogens is 454 g/mol. The third-order valence-electron chi connectivity index (χ3n) is 2.85. The van der Waals surface area contributed by atoms with E-state index in [2.05, 4.69) is 20.6 Å². The van der Waals surface area contributed by atoms with Crippen molar-refractivity contribution < 1.29 is 13.2 Å². The maximum Gasteiger partial charge on any atom is 0.401 e. The molecule has 0 fully saturated rings. The molecular formula is C14H25F3IN5S. The fourth-order valence-corrected chi connectivity index (χ4v) is 2.65. The van der Waals surface area contributed by atoms with Crippen LogP contribution in [0.2, 0.25) is 0 Å². The van der Waals surface area contributed by atoms with Crippen molar-refractivity contribution in [3.8, 4) is 0 Å². The number of thiazole rings is 1. The molecule has 0 unspecified atom stereocenters. The number of hydrogen-bond acceptors (Lipinski definition) is 4. The van der Waals surface area contributed by atoms with Crippen LogP contribution in [-0.4, -0.2) is 61.8 Å². The molecule has 0 bridgehead atoms. The smallest absolute Gasteiger partial charge is 0.357 e. The minimum Gasteiger partial charge on any atom is -0.357 e. The summed E-state index contributed by atoms with van der Waals surface area (Å²) in [6, 6.07) is 0. The van der Waals surface area contributed by atoms with Crippen molar-refractivity contribution in [3.05, 3.63) is 16.1 Å². The Morgan fingerprint density at radius 2 is 2.08 bits per heavy atom. The van der Waals surface area contributed by atoms with E-state index in [9.17, 15) is 13.2 Å². The van der Waals surface area contributed by atoms with Gasteiger partial charge in [-0.1, -0.05) is 0 Å². The van der Waals surface area contributed by atoms with E-state index in [1.807, 2.05) is 20.0 Å². The molecule has 0 atom stereocenters. The van der Waals surface area contributed by atoms with Gasteiger partial charge < -0.3 is 10.6 Å². The average molecular weight is 479 g/mol. The van der Waals surface area contributed by atoms with E-state index in [-0.39, 0.29) is 30.5 Å². The minimum atomic E-state index is -4.17. The minimum absolute atomic E-state index is 0. The number of aryl methyl sites for hydroxylation is 1. The number of aromatic nitrogens is 1. The van der Waals surface area contributed by atoms with Crippen molar-refractivity contribution in [1.29, 1.82) is 0 Å². The van der Waals surface area contributed by atoms with Gasteiger partial charge in [-0.2, -0.15) is 13.2 Å². The van der Waals surface area contributed by atoms with Gasteiger partial charge in [0.15, 0.2) is 5.96 Å². The second-order valence-electron chi connectivity index (χ2n) is 5.16. The number of aliphatic imine (C=N–C) groups is 1. The van der Waals surface area contributed by atoms with Gasteiger partial charge in [0.1, 0.15) is 0 Å². The Bertz CT molecular complexity index is 493. The molecule has 10 heteroatoms. The van der Waals surface area contributed by atoms with Gasteiger partial charge in [0.2, 0.25) is 0 Å². The number of halogens is 4. The van der Waals surface area contributed by atoms with Gasteiger partial charge in [0.05, 0.1) is 18.1 Å². The Balaban J connectivity index is 0.00000529. The topological polar surface area (TPSA) is 52.6 Å². The predicted octanol–water partition coefficient (Wildman–Crippen LogP) is 2.66. The fraction of sp³-hybridized carbons (Fsp3) is 0.714. The zero-order valence-electron chi connectivity index (χ0n) is 14.1. The molecule has 1 rings (SSSR count). The molecule has 0 saturated carbocycles. The summed E-state index contributed by atoms with van der Waals surface area (Å²) < 4.78 is 36.7. The number of rotatable bonds is 8. The summed E-state index contributed by atoms with van der Waals surface area (Å²) in [7, 11) is 1.44. The highest BCUT2D eigenvalue weighted by molar-refractivity contribution is 14.0. The summed E-state index contributed by atoms with van der Waals surface area (Å²) in [5.74, 6) is 0.612. The van der Waals surface area contributed by atoms with Gasteiger partial charge in [0, 0.05) is 37.1 Å². The second kappa shape index (κ2) is 11.9. The molecule has 0 saturated heterocycles. The van der Waals surface area contributed by atoms with Gasteiger partial charge in [0.25, 0.3) is 0 Å². The Hall–Kier alpha value is -0.620. The van der Waals surface area contributed by atoms with E-state index in [1.54, 1.807) is 11.3 Å². The molecule has 0 aliphatic carbocycles. The number of nitrogens with zero attached hydrogens (tertiary/aromatic N) is 3. The normalized spacial score (nSPS) is 12.2. The van der Waals surface area contributed by atoms with E-state index in [0.29, 0.717) is 25.6 Å². The molecule has 5 nitrogen and oxygen atoms in total. The molecule has 140 valence electrons. The van der Waals surface area contributed by atoms with Crippen LogP contribution in [0.5, 0.6) is 0 Å². The summed E-state index contributed by atoms with van der Waals surface area (Å²) in [6.07, 6.45) is -1.54. The quantitative estimate of drug-likeness (QED) is 0.342. The number of nitrogens with one attached hydrogen (secondary N) is 2. The molecule has 2 N–H and O–H groups in total. The van der Waals surface area contributed by atoms with Crippen LogP contribution >= 0.6 is 35.3 Å². The molecule has 0 radical (unpaired) electrons. The van der Waals surface area contributed by atoms with Crippen LogP contribution in [0.1, 0.15) is 16.8 Å². The summed E-state index contributed by atoms with van der Waals surface area (Å²) >= 11 is 1.66. The number of hydrogen-bond donors (Lipinski definition) is 2. The molecule has 0 aromatic carbocycles. The lowest BCUT2D eigenvalue weighted by Gasteiger charge is -2.17. The van der Waals surface area contributed by atoms with Crippen molar-refractivity contribution in [2.75, 3.05) is 39.8 Å². The van der Waals surface area contributed by atoms with Crippen molar-refractivity contribution in [2.45, 2.75) is 26.4 Å². The highest BCUT2D eigenvalue weighted by Crippen LogP contribution is 2.15. The fourth-order valence-electron chi connectivity index (χ4n) is 1.86. The zero-order chi connectivity index (χ0) is 17.3. The first-order valence-electron chi connectivity index (χ1n) is 7.49. The summed E-state index contributed by atoms with van der Waals surface area (Å²) in [5.41, 5.74) is 0. The first-order chi connectivity index (χ1) is 10.8. The number of likely N-dealkylation sites (N-methyl/N-ethyl adjacent to an activating group) is 1. The molecule has 0 aliphatic rings. The van der Waals surface area contributed by atoms with Crippen molar-refractivity contribution in [3.63, 3.8) is 0 Å². The van der Waals surface area contributed by atoms with E-state index in [1.165, 1.54) is 16.8 Å². The summed E-state index contributed by atoms with van der Waals surface area (Å²) in [5, 5.41) is 7.29. The van der Waals surface area contributed by atoms with Crippen molar-refractivity contribution >= 4 is 41.3 Å². The van der Waals surface area contributed by atoms with Crippen LogP contribution < -0.4 is 10.6 Å². The van der Waals surface area contributed by atoms with Gasteiger partial charge in [-0.3, -0.25) is 9.89 Å². The van der Waals surface area contributed by atoms with E-state index >= 15 is 0 Å². The standard InChI is InChI=1S/C14H24F3N5S.HI/c1-4-18-13(19-6-5-12-21-9-11(2)23-12)20-7-8-22(3)10-14(15,16)17;/h9H,4-8,10H2,1-3H3,(H2,18,19,20);1H. The van der Waals surface area contributed by atoms with Gasteiger partial charge in [-0.05, 0) is 20.9 Å². The van der Waals surface area contributed by atoms with E-state index in [4.69, 9.17) is 0 Å². The third kappa shape index (κ3) is 11.0. The Labute approximate surface area is 162 Å². The Morgan fingerprint density at radius 3 is 2.62 bits per heavy atom. The Morgan fingerprint density at radius 1 is 1.38 bits per heavy atom. The lowest BCUT2D eigenvalue weighted by Crippen LogP contribution is -2.39. The predicted molar refractivity (Wildman–Crippen MR) is 104 cm³/mol. The summed E-state index contributed by atoms with van der Waals surface area (Å²) in [4.78, 5) is 11.0. The molecule has 1 aromatic heterocycles. The molecule has 24 heavy (non-hydrogen) atoms. The summed E-state index contributed by atoms with van der Waals surface area (Å²) in [6.45, 7) is 4.96. The highest BCUT2D eigenvalue weighted by atomic mass is 127. The highest BCUT2D eigenvalue weighted by Gasteiger charge is 2.28. The van der Waals surface area contributed by atoms with Crippen LogP contribution in [0.4, 0.5) is 13.2 Å². The molecule has 1 aromatic rings. The number of guanidine groups is 1. The SMILES string of the molecule is CCNC(=NCCN(C)CC(F)(F)F)NCCc1ncc(C)s1.I. The second-order valence-corrected chi connectivity index (χ2v) is 6.47. The van der Waals surface area contributed by atoms with Crippen LogP contribution in [-0.2, 0) is 6.42 Å². The number of alkyl halides is 3. The van der Waals surface area contributed by atoms with Crippen LogP contribution in [0.3, 0.4) is 0 Å². The van der Waals surface area contributed by atoms with Crippen LogP contribution in [0.25, 0.3) is 0 Å². The first-order valence-corrected chi connectivity index (χ1v) is 8.30. The molecule has 0 spiro atoms. The van der Waals surface area contributed by atoms with Crippen molar-refractivity contribution in [1.82, 2.24) is 20.5 Å². The van der Waals surface area contributed by atoms with E-state index < -0.39 is 12.7 Å². The zero-order valence-corrected chi connectivity index (χ0v) is 17.3. The lowest BCUT2D eigenvalue weighted by atomic mass is 10.4. The lowest BCUT2D eigenvalue weighted by molar-refractivity contribution is -0.142. The van der Waals surface area contributed by atoms with Crippen LogP contribution in [0, 0.1) is 6.92 Å². The molecule has 1 heterocycles.